The van der Waals surface area contributed by atoms with Gasteiger partial charge in [0.2, 0.25) is 0 Å². The van der Waals surface area contributed by atoms with Gasteiger partial charge in [0.1, 0.15) is 0 Å². The Kier molecular flexibility index (Phi) is 4.73. The first-order valence-corrected chi connectivity index (χ1v) is 7.63. The van der Waals surface area contributed by atoms with Crippen molar-refractivity contribution in [2.75, 3.05) is 4.90 Å². The van der Waals surface area contributed by atoms with Crippen molar-refractivity contribution >= 4 is 11.6 Å². The molecule has 0 unspecified atom stereocenters. The molecule has 3 rings (SSSR count). The van der Waals surface area contributed by atoms with E-state index in [9.17, 15) is 4.79 Å². The molecule has 0 aliphatic heterocycles. The van der Waals surface area contributed by atoms with E-state index < -0.39 is 0 Å². The summed E-state index contributed by atoms with van der Waals surface area (Å²) in [6, 6.07) is 17.6. The molecule has 0 N–H and O–H groups in total. The summed E-state index contributed by atoms with van der Waals surface area (Å²) in [6.45, 7) is 1.13. The molecule has 0 spiro atoms. The number of hydrogen-bond donors (Lipinski definition) is 0. The Labute approximate surface area is 141 Å². The molecule has 1 amide bonds. The Morgan fingerprint density at radius 1 is 1.12 bits per heavy atom. The van der Waals surface area contributed by atoms with Gasteiger partial charge in [-0.05, 0) is 29.2 Å². The molecule has 0 aliphatic rings. The lowest BCUT2D eigenvalue weighted by Gasteiger charge is -2.21. The van der Waals surface area contributed by atoms with E-state index in [1.54, 1.807) is 17.4 Å². The molecule has 118 valence electrons. The van der Waals surface area contributed by atoms with Crippen LogP contribution >= 0.6 is 0 Å². The number of amides is 1. The average Bonchev–Trinajstić information content (AvgIpc) is 3.13. The second-order valence-corrected chi connectivity index (χ2v) is 5.43. The van der Waals surface area contributed by atoms with Crippen LogP contribution in [0.5, 0.6) is 0 Å². The van der Waals surface area contributed by atoms with Crippen LogP contribution in [-0.2, 0) is 17.9 Å². The van der Waals surface area contributed by atoms with E-state index in [4.69, 9.17) is 6.42 Å². The number of aromatic nitrogens is 2. The quantitative estimate of drug-likeness (QED) is 0.679. The lowest BCUT2D eigenvalue weighted by Crippen LogP contribution is -2.29. The molecule has 0 radical (unpaired) electrons. The number of benzene rings is 2. The van der Waals surface area contributed by atoms with Crippen LogP contribution < -0.4 is 4.90 Å². The Morgan fingerprint density at radius 2 is 1.92 bits per heavy atom. The van der Waals surface area contributed by atoms with Crippen LogP contribution in [0.1, 0.15) is 11.1 Å². The molecule has 0 saturated heterocycles. The van der Waals surface area contributed by atoms with Gasteiger partial charge < -0.3 is 4.57 Å². The minimum atomic E-state index is -0.348. The minimum Gasteiger partial charge on any atom is -0.333 e. The normalized spacial score (nSPS) is 10.1. The van der Waals surface area contributed by atoms with Gasteiger partial charge in [0.05, 0.1) is 12.9 Å². The topological polar surface area (TPSA) is 38.1 Å². The number of rotatable bonds is 5. The van der Waals surface area contributed by atoms with E-state index in [0.717, 1.165) is 16.8 Å². The second-order valence-electron chi connectivity index (χ2n) is 5.43. The summed E-state index contributed by atoms with van der Waals surface area (Å²) < 4.78 is 1.98. The van der Waals surface area contributed by atoms with Crippen LogP contribution in [0.25, 0.3) is 0 Å². The summed E-state index contributed by atoms with van der Waals surface area (Å²) in [5, 5.41) is 0. The van der Waals surface area contributed by atoms with Crippen molar-refractivity contribution in [3.63, 3.8) is 0 Å². The highest BCUT2D eigenvalue weighted by Crippen LogP contribution is 2.20. The van der Waals surface area contributed by atoms with Gasteiger partial charge >= 0.3 is 5.91 Å². The van der Waals surface area contributed by atoms with Crippen LogP contribution in [0.4, 0.5) is 5.69 Å². The molecule has 0 atom stereocenters. The van der Waals surface area contributed by atoms with E-state index >= 15 is 0 Å². The summed E-state index contributed by atoms with van der Waals surface area (Å²) in [7, 11) is 0. The predicted octanol–water partition coefficient (Wildman–Crippen LogP) is 3.10. The average molecular weight is 315 g/mol. The van der Waals surface area contributed by atoms with Gasteiger partial charge in [0, 0.05) is 24.6 Å². The van der Waals surface area contributed by atoms with Gasteiger partial charge in [-0.1, -0.05) is 42.5 Å². The fourth-order valence-corrected chi connectivity index (χ4v) is 2.54. The smallest absolute Gasteiger partial charge is 0.302 e. The Morgan fingerprint density at radius 3 is 2.62 bits per heavy atom. The van der Waals surface area contributed by atoms with Crippen molar-refractivity contribution < 1.29 is 4.79 Å². The Hall–Kier alpha value is -3.32. The molecule has 1 aromatic heterocycles. The summed E-state index contributed by atoms with van der Waals surface area (Å²) in [5.74, 6) is 1.87. The summed E-state index contributed by atoms with van der Waals surface area (Å²) in [5.41, 5.74) is 2.90. The van der Waals surface area contributed by atoms with Gasteiger partial charge in [-0.2, -0.15) is 0 Å². The summed E-state index contributed by atoms with van der Waals surface area (Å²) >= 11 is 0. The first kappa shape index (κ1) is 15.6. The van der Waals surface area contributed by atoms with Crippen molar-refractivity contribution in [1.82, 2.24) is 9.55 Å². The molecular formula is C20H17N3O. The van der Waals surface area contributed by atoms with Crippen LogP contribution in [-0.4, -0.2) is 15.5 Å². The highest BCUT2D eigenvalue weighted by molar-refractivity contribution is 6.05. The van der Waals surface area contributed by atoms with Gasteiger partial charge in [-0.15, -0.1) is 6.42 Å². The first-order chi connectivity index (χ1) is 11.8. The van der Waals surface area contributed by atoms with Crippen molar-refractivity contribution in [3.8, 4) is 12.3 Å². The Balaban J connectivity index is 1.87. The van der Waals surface area contributed by atoms with E-state index in [1.165, 1.54) is 0 Å². The minimum absolute atomic E-state index is 0.348. The molecule has 4 heteroatoms. The van der Waals surface area contributed by atoms with E-state index in [2.05, 4.69) is 10.9 Å². The number of imidazole rings is 1. The number of nitrogens with zero attached hydrogens (tertiary/aromatic N) is 3. The van der Waals surface area contributed by atoms with E-state index in [1.807, 2.05) is 65.4 Å². The number of anilines is 1. The van der Waals surface area contributed by atoms with Crippen molar-refractivity contribution in [2.45, 2.75) is 13.1 Å². The molecule has 1 heterocycles. The monoisotopic (exact) mass is 315 g/mol. The third-order valence-corrected chi connectivity index (χ3v) is 3.70. The molecule has 2 aromatic carbocycles. The van der Waals surface area contributed by atoms with Crippen molar-refractivity contribution in [3.05, 3.63) is 84.4 Å². The molecule has 0 bridgehead atoms. The van der Waals surface area contributed by atoms with Crippen LogP contribution in [0.3, 0.4) is 0 Å². The molecule has 0 saturated carbocycles. The van der Waals surface area contributed by atoms with Crippen molar-refractivity contribution in [1.29, 1.82) is 0 Å². The van der Waals surface area contributed by atoms with E-state index in [0.29, 0.717) is 13.1 Å². The molecule has 4 nitrogen and oxygen atoms in total. The molecular weight excluding hydrogens is 298 g/mol. The van der Waals surface area contributed by atoms with Gasteiger partial charge in [-0.3, -0.25) is 9.69 Å². The molecule has 0 aliphatic carbocycles. The maximum atomic E-state index is 12.2. The summed E-state index contributed by atoms with van der Waals surface area (Å²) in [6.07, 6.45) is 10.8. The maximum Gasteiger partial charge on any atom is 0.302 e. The number of hydrogen-bond acceptors (Lipinski definition) is 2. The third-order valence-electron chi connectivity index (χ3n) is 3.70. The predicted molar refractivity (Wildman–Crippen MR) is 94.2 cm³/mol. The van der Waals surface area contributed by atoms with Crippen LogP contribution in [0, 0.1) is 12.3 Å². The zero-order valence-electron chi connectivity index (χ0n) is 13.2. The fourth-order valence-electron chi connectivity index (χ4n) is 2.54. The third kappa shape index (κ3) is 3.71. The lowest BCUT2D eigenvalue weighted by molar-refractivity contribution is -0.113. The highest BCUT2D eigenvalue weighted by Gasteiger charge is 2.14. The van der Waals surface area contributed by atoms with Crippen LogP contribution in [0.15, 0.2) is 73.3 Å². The molecule has 3 aromatic rings. The largest absolute Gasteiger partial charge is 0.333 e. The zero-order valence-corrected chi connectivity index (χ0v) is 13.2. The number of terminal acetylenes is 1. The highest BCUT2D eigenvalue weighted by atomic mass is 16.2. The van der Waals surface area contributed by atoms with Gasteiger partial charge in [0.15, 0.2) is 0 Å². The second kappa shape index (κ2) is 7.30. The maximum absolute atomic E-state index is 12.2. The lowest BCUT2D eigenvalue weighted by atomic mass is 10.1. The Bertz CT molecular complexity index is 848. The van der Waals surface area contributed by atoms with Crippen LogP contribution in [0.2, 0.25) is 0 Å². The SMILES string of the molecule is C#CC(=O)N(Cc1ccccc1)c1cccc(Cn2ccnc2)c1. The standard InChI is InChI=1S/C20H17N3O/c1-2-20(24)23(15-17-7-4-3-5-8-17)19-10-6-9-18(13-19)14-22-12-11-21-16-22/h1,3-13,16H,14-15H2. The zero-order chi connectivity index (χ0) is 16.8. The first-order valence-electron chi connectivity index (χ1n) is 7.63. The fraction of sp³-hybridized carbons (Fsp3) is 0.100. The van der Waals surface area contributed by atoms with Gasteiger partial charge in [-0.25, -0.2) is 4.98 Å². The van der Waals surface area contributed by atoms with Gasteiger partial charge in [0.25, 0.3) is 0 Å². The molecule has 24 heavy (non-hydrogen) atoms. The number of carbonyl (C=O) groups is 1. The van der Waals surface area contributed by atoms with Crippen molar-refractivity contribution in [2.24, 2.45) is 0 Å². The number of carbonyl (C=O) groups excluding carboxylic acids is 1. The summed E-state index contributed by atoms with van der Waals surface area (Å²) in [4.78, 5) is 17.9. The molecule has 0 fully saturated rings. The van der Waals surface area contributed by atoms with E-state index in [-0.39, 0.29) is 5.91 Å².